The van der Waals surface area contributed by atoms with Crippen LogP contribution in [0.1, 0.15) is 37.5 Å². The summed E-state index contributed by atoms with van der Waals surface area (Å²) in [5, 5.41) is 2.70. The molecule has 5 heteroatoms. The molecule has 5 nitrogen and oxygen atoms in total. The predicted molar refractivity (Wildman–Crippen MR) is 106 cm³/mol. The molecule has 2 aromatic rings. The summed E-state index contributed by atoms with van der Waals surface area (Å²) >= 11 is 0. The molecule has 1 N–H and O–H groups in total. The molecule has 2 aromatic carbocycles. The van der Waals surface area contributed by atoms with Gasteiger partial charge in [0.05, 0.1) is 0 Å². The molecular weight excluding hydrogens is 342 g/mol. The van der Waals surface area contributed by atoms with Crippen LogP contribution in [0.4, 0.5) is 5.69 Å². The maximum atomic E-state index is 11.9. The first-order valence-electron chi connectivity index (χ1n) is 8.91. The number of carbonyl (C=O) groups excluding carboxylic acids is 2. The van der Waals surface area contributed by atoms with Crippen molar-refractivity contribution in [2.45, 2.75) is 40.0 Å². The SMILES string of the molecule is Cc1ccc(NC(=O)COC(=O)COc2ccc(C(C)(C)C)cc2)cc1C. The smallest absolute Gasteiger partial charge is 0.344 e. The summed E-state index contributed by atoms with van der Waals surface area (Å²) in [5.74, 6) is -0.397. The first kappa shape index (κ1) is 20.5. The molecule has 27 heavy (non-hydrogen) atoms. The van der Waals surface area contributed by atoms with Crippen molar-refractivity contribution in [1.29, 1.82) is 0 Å². The van der Waals surface area contributed by atoms with Gasteiger partial charge in [0.25, 0.3) is 5.91 Å². The minimum Gasteiger partial charge on any atom is -0.482 e. The van der Waals surface area contributed by atoms with E-state index in [0.717, 1.165) is 11.1 Å². The highest BCUT2D eigenvalue weighted by atomic mass is 16.6. The van der Waals surface area contributed by atoms with Crippen LogP contribution in [0.3, 0.4) is 0 Å². The number of ether oxygens (including phenoxy) is 2. The molecule has 0 aliphatic rings. The van der Waals surface area contributed by atoms with E-state index in [1.807, 2.05) is 56.3 Å². The minimum absolute atomic E-state index is 0.0564. The highest BCUT2D eigenvalue weighted by Gasteiger charge is 2.13. The molecular formula is C22H27NO4. The van der Waals surface area contributed by atoms with Gasteiger partial charge in [-0.2, -0.15) is 0 Å². The molecule has 0 atom stereocenters. The van der Waals surface area contributed by atoms with Crippen LogP contribution in [0, 0.1) is 13.8 Å². The van der Waals surface area contributed by atoms with Crippen molar-refractivity contribution in [1.82, 2.24) is 0 Å². The lowest BCUT2D eigenvalue weighted by Crippen LogP contribution is -2.23. The Bertz CT molecular complexity index is 804. The van der Waals surface area contributed by atoms with Gasteiger partial charge in [0.1, 0.15) is 5.75 Å². The van der Waals surface area contributed by atoms with Crippen LogP contribution in [0.25, 0.3) is 0 Å². The monoisotopic (exact) mass is 369 g/mol. The van der Waals surface area contributed by atoms with Crippen molar-refractivity contribution in [3.63, 3.8) is 0 Å². The second-order valence-corrected chi connectivity index (χ2v) is 7.57. The number of hydrogen-bond donors (Lipinski definition) is 1. The second-order valence-electron chi connectivity index (χ2n) is 7.57. The quantitative estimate of drug-likeness (QED) is 0.777. The molecule has 0 radical (unpaired) electrons. The Morgan fingerprint density at radius 1 is 0.926 bits per heavy atom. The van der Waals surface area contributed by atoms with Crippen LogP contribution in [0.2, 0.25) is 0 Å². The largest absolute Gasteiger partial charge is 0.482 e. The van der Waals surface area contributed by atoms with Crippen molar-refractivity contribution >= 4 is 17.6 Å². The molecule has 0 saturated heterocycles. The summed E-state index contributed by atoms with van der Waals surface area (Å²) in [4.78, 5) is 23.7. The van der Waals surface area contributed by atoms with E-state index in [0.29, 0.717) is 11.4 Å². The Hall–Kier alpha value is -2.82. The summed E-state index contributed by atoms with van der Waals surface area (Å²) in [6.45, 7) is 9.76. The number of hydrogen-bond acceptors (Lipinski definition) is 4. The van der Waals surface area contributed by atoms with Gasteiger partial charge in [-0.15, -0.1) is 0 Å². The summed E-state index contributed by atoms with van der Waals surface area (Å²) in [5.41, 5.74) is 4.14. The third-order valence-electron chi connectivity index (χ3n) is 4.23. The average Bonchev–Trinajstić information content (AvgIpc) is 2.61. The van der Waals surface area contributed by atoms with Crippen molar-refractivity contribution in [3.05, 3.63) is 59.2 Å². The lowest BCUT2D eigenvalue weighted by Gasteiger charge is -2.19. The van der Waals surface area contributed by atoms with Gasteiger partial charge in [-0.3, -0.25) is 4.79 Å². The number of benzene rings is 2. The number of esters is 1. The number of rotatable bonds is 6. The maximum Gasteiger partial charge on any atom is 0.344 e. The Morgan fingerprint density at radius 3 is 2.19 bits per heavy atom. The molecule has 2 rings (SSSR count). The summed E-state index contributed by atoms with van der Waals surface area (Å²) in [6, 6.07) is 13.2. The van der Waals surface area contributed by atoms with E-state index in [-0.39, 0.29) is 24.5 Å². The number of nitrogens with one attached hydrogen (secondary N) is 1. The third kappa shape index (κ3) is 6.44. The van der Waals surface area contributed by atoms with Gasteiger partial charge in [-0.25, -0.2) is 4.79 Å². The van der Waals surface area contributed by atoms with E-state index in [9.17, 15) is 9.59 Å². The Kier molecular flexibility index (Phi) is 6.61. The highest BCUT2D eigenvalue weighted by molar-refractivity contribution is 5.93. The fourth-order valence-corrected chi connectivity index (χ4v) is 2.40. The topological polar surface area (TPSA) is 64.6 Å². The highest BCUT2D eigenvalue weighted by Crippen LogP contribution is 2.24. The Morgan fingerprint density at radius 2 is 1.59 bits per heavy atom. The van der Waals surface area contributed by atoms with Crippen LogP contribution in [-0.2, 0) is 19.7 Å². The van der Waals surface area contributed by atoms with Crippen LogP contribution in [0.5, 0.6) is 5.75 Å². The van der Waals surface area contributed by atoms with Crippen LogP contribution >= 0.6 is 0 Å². The van der Waals surface area contributed by atoms with E-state index in [1.165, 1.54) is 5.56 Å². The number of amides is 1. The molecule has 0 saturated carbocycles. The molecule has 0 aliphatic heterocycles. The zero-order chi connectivity index (χ0) is 20.0. The molecule has 0 aliphatic carbocycles. The second kappa shape index (κ2) is 8.71. The molecule has 144 valence electrons. The number of carbonyl (C=O) groups is 2. The summed E-state index contributed by atoms with van der Waals surface area (Å²) in [6.07, 6.45) is 0. The Balaban J connectivity index is 1.75. The lowest BCUT2D eigenvalue weighted by molar-refractivity contribution is -0.149. The minimum atomic E-state index is -0.592. The van der Waals surface area contributed by atoms with Gasteiger partial charge in [-0.1, -0.05) is 39.0 Å². The van der Waals surface area contributed by atoms with Crippen molar-refractivity contribution in [2.24, 2.45) is 0 Å². The fraction of sp³-hybridized carbons (Fsp3) is 0.364. The van der Waals surface area contributed by atoms with E-state index in [1.54, 1.807) is 0 Å². The van der Waals surface area contributed by atoms with Crippen molar-refractivity contribution in [2.75, 3.05) is 18.5 Å². The lowest BCUT2D eigenvalue weighted by atomic mass is 9.87. The summed E-state index contributed by atoms with van der Waals surface area (Å²) < 4.78 is 10.4. The molecule has 1 amide bonds. The standard InChI is InChI=1S/C22H27NO4/c1-15-6-9-18(12-16(15)2)23-20(24)13-27-21(25)14-26-19-10-7-17(8-11-19)22(3,4)5/h6-12H,13-14H2,1-5H3,(H,23,24). The van der Waals surface area contributed by atoms with E-state index in [2.05, 4.69) is 26.1 Å². The van der Waals surface area contributed by atoms with E-state index < -0.39 is 5.97 Å². The fourth-order valence-electron chi connectivity index (χ4n) is 2.40. The first-order valence-corrected chi connectivity index (χ1v) is 8.91. The maximum absolute atomic E-state index is 11.9. The first-order chi connectivity index (χ1) is 12.6. The number of anilines is 1. The molecule has 0 unspecified atom stereocenters. The zero-order valence-corrected chi connectivity index (χ0v) is 16.6. The van der Waals surface area contributed by atoms with Gasteiger partial charge in [0.15, 0.2) is 13.2 Å². The Labute approximate surface area is 160 Å². The molecule has 0 bridgehead atoms. The zero-order valence-electron chi connectivity index (χ0n) is 16.6. The van der Waals surface area contributed by atoms with Crippen LogP contribution < -0.4 is 10.1 Å². The number of aryl methyl sites for hydroxylation is 2. The van der Waals surface area contributed by atoms with Crippen LogP contribution in [-0.4, -0.2) is 25.1 Å². The van der Waals surface area contributed by atoms with Crippen molar-refractivity contribution < 1.29 is 19.1 Å². The van der Waals surface area contributed by atoms with Gasteiger partial charge in [0.2, 0.25) is 0 Å². The molecule has 0 aromatic heterocycles. The predicted octanol–water partition coefficient (Wildman–Crippen LogP) is 4.16. The van der Waals surface area contributed by atoms with Crippen molar-refractivity contribution in [3.8, 4) is 5.75 Å². The van der Waals surface area contributed by atoms with Crippen LogP contribution in [0.15, 0.2) is 42.5 Å². The third-order valence-corrected chi connectivity index (χ3v) is 4.23. The van der Waals surface area contributed by atoms with Gasteiger partial charge >= 0.3 is 5.97 Å². The molecule has 0 heterocycles. The van der Waals surface area contributed by atoms with E-state index >= 15 is 0 Å². The van der Waals surface area contributed by atoms with Gasteiger partial charge in [-0.05, 0) is 60.2 Å². The normalized spacial score (nSPS) is 11.0. The molecule has 0 spiro atoms. The average molecular weight is 369 g/mol. The summed E-state index contributed by atoms with van der Waals surface area (Å²) in [7, 11) is 0. The van der Waals surface area contributed by atoms with Gasteiger partial charge < -0.3 is 14.8 Å². The van der Waals surface area contributed by atoms with Gasteiger partial charge in [0, 0.05) is 5.69 Å². The molecule has 0 fully saturated rings. The van der Waals surface area contributed by atoms with E-state index in [4.69, 9.17) is 9.47 Å².